The van der Waals surface area contributed by atoms with Crippen molar-refractivity contribution < 1.29 is 8.78 Å². The number of halogens is 3. The first-order valence-corrected chi connectivity index (χ1v) is 6.84. The molecule has 0 saturated carbocycles. The summed E-state index contributed by atoms with van der Waals surface area (Å²) in [6.45, 7) is 7.55. The second-order valence-corrected chi connectivity index (χ2v) is 6.38. The molecule has 2 aromatic rings. The predicted molar refractivity (Wildman–Crippen MR) is 80.2 cm³/mol. The lowest BCUT2D eigenvalue weighted by Crippen LogP contribution is -2.14. The van der Waals surface area contributed by atoms with E-state index in [0.717, 1.165) is 5.56 Å². The van der Waals surface area contributed by atoms with Gasteiger partial charge in [-0.3, -0.25) is 0 Å². The van der Waals surface area contributed by atoms with Crippen LogP contribution in [0, 0.1) is 18.6 Å². The van der Waals surface area contributed by atoms with Crippen molar-refractivity contribution in [1.82, 2.24) is 0 Å². The number of hydrogen-bond donors (Lipinski definition) is 0. The summed E-state index contributed by atoms with van der Waals surface area (Å²) in [7, 11) is 0. The van der Waals surface area contributed by atoms with E-state index in [0.29, 0.717) is 16.7 Å². The van der Waals surface area contributed by atoms with Crippen molar-refractivity contribution in [1.29, 1.82) is 0 Å². The SMILES string of the molecule is Cc1cc(-c2cccc(F)c2Cl)cc(C(C)(C)C)c1F. The van der Waals surface area contributed by atoms with Crippen LogP contribution >= 0.6 is 11.6 Å². The number of aryl methyl sites for hydroxylation is 1. The average Bonchev–Trinajstić information content (AvgIpc) is 2.34. The summed E-state index contributed by atoms with van der Waals surface area (Å²) < 4.78 is 27.8. The Morgan fingerprint density at radius 1 is 1.05 bits per heavy atom. The molecule has 0 aromatic heterocycles. The van der Waals surface area contributed by atoms with E-state index in [9.17, 15) is 8.78 Å². The van der Waals surface area contributed by atoms with E-state index in [1.54, 1.807) is 31.2 Å². The number of rotatable bonds is 1. The van der Waals surface area contributed by atoms with Crippen LogP contribution in [0.5, 0.6) is 0 Å². The van der Waals surface area contributed by atoms with Crippen LogP contribution in [-0.2, 0) is 5.41 Å². The predicted octanol–water partition coefficient (Wildman–Crippen LogP) is 5.89. The molecule has 0 fully saturated rings. The Morgan fingerprint density at radius 3 is 2.30 bits per heavy atom. The molecule has 0 saturated heterocycles. The summed E-state index contributed by atoms with van der Waals surface area (Å²) >= 11 is 6.02. The molecule has 0 radical (unpaired) electrons. The third-order valence-corrected chi connectivity index (χ3v) is 3.71. The first kappa shape index (κ1) is 15.0. The molecule has 0 atom stereocenters. The van der Waals surface area contributed by atoms with E-state index < -0.39 is 5.82 Å². The van der Waals surface area contributed by atoms with Crippen LogP contribution in [0.3, 0.4) is 0 Å². The average molecular weight is 295 g/mol. The van der Waals surface area contributed by atoms with Gasteiger partial charge in [0.2, 0.25) is 0 Å². The first-order chi connectivity index (χ1) is 9.21. The molecule has 106 valence electrons. The molecule has 0 heterocycles. The van der Waals surface area contributed by atoms with Gasteiger partial charge < -0.3 is 0 Å². The Balaban J connectivity index is 2.71. The highest BCUT2D eigenvalue weighted by Crippen LogP contribution is 2.35. The van der Waals surface area contributed by atoms with E-state index in [4.69, 9.17) is 11.6 Å². The maximum atomic E-state index is 14.3. The second kappa shape index (κ2) is 5.17. The van der Waals surface area contributed by atoms with E-state index in [1.807, 2.05) is 20.8 Å². The van der Waals surface area contributed by atoms with Crippen molar-refractivity contribution in [2.45, 2.75) is 33.1 Å². The van der Waals surface area contributed by atoms with Crippen LogP contribution in [0.15, 0.2) is 30.3 Å². The van der Waals surface area contributed by atoms with Gasteiger partial charge in [-0.1, -0.05) is 44.5 Å². The van der Waals surface area contributed by atoms with Gasteiger partial charge in [0, 0.05) is 5.56 Å². The molecule has 0 aliphatic carbocycles. The molecule has 0 nitrogen and oxygen atoms in total. The number of benzene rings is 2. The smallest absolute Gasteiger partial charge is 0.142 e. The van der Waals surface area contributed by atoms with E-state index in [2.05, 4.69) is 0 Å². The monoisotopic (exact) mass is 294 g/mol. The van der Waals surface area contributed by atoms with Gasteiger partial charge in [-0.05, 0) is 47.2 Å². The molecule has 0 unspecified atom stereocenters. The molecular formula is C17H17ClF2. The summed E-state index contributed by atoms with van der Waals surface area (Å²) in [5.74, 6) is -0.683. The van der Waals surface area contributed by atoms with E-state index >= 15 is 0 Å². The summed E-state index contributed by atoms with van der Waals surface area (Å²) in [4.78, 5) is 0. The van der Waals surface area contributed by atoms with Gasteiger partial charge in [-0.25, -0.2) is 8.78 Å². The van der Waals surface area contributed by atoms with Gasteiger partial charge >= 0.3 is 0 Å². The van der Waals surface area contributed by atoms with Crippen molar-refractivity contribution in [3.63, 3.8) is 0 Å². The standard InChI is InChI=1S/C17H17ClF2/c1-10-8-11(9-13(16(10)20)17(2,3)4)12-6-5-7-14(19)15(12)18/h5-9H,1-4H3. The van der Waals surface area contributed by atoms with Crippen LogP contribution in [0.25, 0.3) is 11.1 Å². The third kappa shape index (κ3) is 2.71. The molecule has 0 spiro atoms. The van der Waals surface area contributed by atoms with Crippen LogP contribution in [0.4, 0.5) is 8.78 Å². The zero-order valence-electron chi connectivity index (χ0n) is 12.0. The van der Waals surface area contributed by atoms with Gasteiger partial charge in [0.1, 0.15) is 11.6 Å². The highest BCUT2D eigenvalue weighted by Gasteiger charge is 2.21. The van der Waals surface area contributed by atoms with E-state index in [-0.39, 0.29) is 16.3 Å². The Hall–Kier alpha value is -1.41. The highest BCUT2D eigenvalue weighted by molar-refractivity contribution is 6.33. The first-order valence-electron chi connectivity index (χ1n) is 6.47. The van der Waals surface area contributed by atoms with Crippen LogP contribution in [0.1, 0.15) is 31.9 Å². The zero-order valence-corrected chi connectivity index (χ0v) is 12.8. The quantitative estimate of drug-likeness (QED) is 0.615. The van der Waals surface area contributed by atoms with Crippen molar-refractivity contribution in [2.24, 2.45) is 0 Å². The minimum absolute atomic E-state index is 0.0679. The lowest BCUT2D eigenvalue weighted by Gasteiger charge is -2.22. The van der Waals surface area contributed by atoms with Crippen LogP contribution in [-0.4, -0.2) is 0 Å². The van der Waals surface area contributed by atoms with Crippen molar-refractivity contribution in [2.75, 3.05) is 0 Å². The maximum Gasteiger partial charge on any atom is 0.142 e. The molecule has 2 rings (SSSR count). The highest BCUT2D eigenvalue weighted by atomic mass is 35.5. The Labute approximate surface area is 123 Å². The number of hydrogen-bond acceptors (Lipinski definition) is 0. The van der Waals surface area contributed by atoms with Gasteiger partial charge in [0.05, 0.1) is 5.02 Å². The van der Waals surface area contributed by atoms with Gasteiger partial charge in [-0.2, -0.15) is 0 Å². The molecule has 0 N–H and O–H groups in total. The topological polar surface area (TPSA) is 0 Å². The Morgan fingerprint density at radius 2 is 1.70 bits per heavy atom. The van der Waals surface area contributed by atoms with E-state index in [1.165, 1.54) is 6.07 Å². The van der Waals surface area contributed by atoms with Crippen molar-refractivity contribution >= 4 is 11.6 Å². The molecule has 2 aromatic carbocycles. The van der Waals surface area contributed by atoms with Gasteiger partial charge in [-0.15, -0.1) is 0 Å². The maximum absolute atomic E-state index is 14.3. The molecule has 0 bridgehead atoms. The molecular weight excluding hydrogens is 278 g/mol. The summed E-state index contributed by atoms with van der Waals surface area (Å²) in [5, 5.41) is 0.0679. The second-order valence-electron chi connectivity index (χ2n) is 6.01. The largest absolute Gasteiger partial charge is 0.206 e. The van der Waals surface area contributed by atoms with Crippen LogP contribution in [0.2, 0.25) is 5.02 Å². The lowest BCUT2D eigenvalue weighted by atomic mass is 9.83. The van der Waals surface area contributed by atoms with Gasteiger partial charge in [0.25, 0.3) is 0 Å². The normalized spacial score (nSPS) is 11.8. The van der Waals surface area contributed by atoms with Crippen LogP contribution < -0.4 is 0 Å². The molecule has 0 aliphatic rings. The van der Waals surface area contributed by atoms with Crippen molar-refractivity contribution in [3.8, 4) is 11.1 Å². The summed E-state index contributed by atoms with van der Waals surface area (Å²) in [5.41, 5.74) is 2.13. The Kier molecular flexibility index (Phi) is 3.88. The molecule has 20 heavy (non-hydrogen) atoms. The third-order valence-electron chi connectivity index (χ3n) is 3.33. The zero-order chi connectivity index (χ0) is 15.1. The fourth-order valence-electron chi connectivity index (χ4n) is 2.20. The van der Waals surface area contributed by atoms with Gasteiger partial charge in [0.15, 0.2) is 0 Å². The molecule has 3 heteroatoms. The summed E-state index contributed by atoms with van der Waals surface area (Å²) in [6.07, 6.45) is 0. The molecule has 0 aliphatic heterocycles. The fraction of sp³-hybridized carbons (Fsp3) is 0.294. The van der Waals surface area contributed by atoms with Crippen molar-refractivity contribution in [3.05, 3.63) is 58.1 Å². The minimum Gasteiger partial charge on any atom is -0.206 e. The molecule has 0 amide bonds. The summed E-state index contributed by atoms with van der Waals surface area (Å²) in [6, 6.07) is 8.11. The minimum atomic E-state index is -0.469. The Bertz CT molecular complexity index is 655. The fourth-order valence-corrected chi connectivity index (χ4v) is 2.43. The lowest BCUT2D eigenvalue weighted by molar-refractivity contribution is 0.519.